The van der Waals surface area contributed by atoms with Crippen LogP contribution in [0.3, 0.4) is 0 Å². The van der Waals surface area contributed by atoms with Gasteiger partial charge in [-0.3, -0.25) is 0 Å². The molecule has 0 N–H and O–H groups in total. The van der Waals surface area contributed by atoms with Gasteiger partial charge in [-0.05, 0) is 33.5 Å². The summed E-state index contributed by atoms with van der Waals surface area (Å²) in [6, 6.07) is 0.705. The Morgan fingerprint density at radius 2 is 2.25 bits per heavy atom. The van der Waals surface area contributed by atoms with Crippen molar-refractivity contribution in [2.24, 2.45) is 0 Å². The Bertz CT molecular complexity index is 128. The Labute approximate surface area is 75.0 Å². The molecule has 1 aliphatic heterocycles. The molecule has 0 bridgehead atoms. The molecule has 0 aromatic rings. The maximum Gasteiger partial charge on any atom is 0.0834 e. The van der Waals surface area contributed by atoms with Crippen LogP contribution in [0.25, 0.3) is 0 Å². The van der Waals surface area contributed by atoms with Crippen LogP contribution in [0.1, 0.15) is 12.8 Å². The molecule has 1 fully saturated rings. The predicted octanol–water partition coefficient (Wildman–Crippen LogP) is 0.443. The number of hydrogen-bond donors (Lipinski definition) is 0. The zero-order valence-electron chi connectivity index (χ0n) is 8.12. The molecule has 3 heteroatoms. The zero-order chi connectivity index (χ0) is 8.97. The minimum Gasteiger partial charge on any atom is -0.305 e. The summed E-state index contributed by atoms with van der Waals surface area (Å²) in [5.41, 5.74) is 0. The molecule has 1 rings (SSSR count). The van der Waals surface area contributed by atoms with Crippen molar-refractivity contribution in [3.05, 3.63) is 0 Å². The Morgan fingerprint density at radius 3 is 2.75 bits per heavy atom. The number of rotatable bonds is 4. The van der Waals surface area contributed by atoms with Gasteiger partial charge < -0.3 is 9.80 Å². The summed E-state index contributed by atoms with van der Waals surface area (Å²) < 4.78 is 0. The fourth-order valence-corrected chi connectivity index (χ4v) is 1.72. The van der Waals surface area contributed by atoms with Crippen molar-refractivity contribution in [2.45, 2.75) is 18.9 Å². The number of hydrogen-bond acceptors (Lipinski definition) is 2. The van der Waals surface area contributed by atoms with Gasteiger partial charge >= 0.3 is 0 Å². The maximum atomic E-state index is 10.3. The molecular weight excluding hydrogens is 152 g/mol. The van der Waals surface area contributed by atoms with Crippen LogP contribution in [0.15, 0.2) is 0 Å². The average molecular weight is 171 g/mol. The first-order chi connectivity index (χ1) is 5.74. The van der Waals surface area contributed by atoms with Crippen molar-refractivity contribution in [1.82, 2.24) is 9.80 Å². The van der Waals surface area contributed by atoms with E-state index in [0.717, 1.165) is 19.5 Å². The Hall–Kier alpha value is -0.120. The molecule has 1 atom stereocenters. The second kappa shape index (κ2) is 4.80. The third kappa shape index (κ3) is 2.73. The van der Waals surface area contributed by atoms with E-state index < -0.39 is 0 Å². The summed E-state index contributed by atoms with van der Waals surface area (Å²) in [6.45, 7) is 3.38. The van der Waals surface area contributed by atoms with Crippen LogP contribution in [-0.2, 0) is 5.11 Å². The lowest BCUT2D eigenvalue weighted by molar-refractivity contribution is 0.170. The molecule has 0 aromatic heterocycles. The van der Waals surface area contributed by atoms with E-state index in [9.17, 15) is 5.11 Å². The Balaban J connectivity index is 2.17. The molecule has 1 radical (unpaired) electrons. The summed E-state index contributed by atoms with van der Waals surface area (Å²) in [7, 11) is 4.25. The first kappa shape index (κ1) is 9.96. The topological polar surface area (TPSA) is 26.4 Å². The molecule has 1 aliphatic rings. The fraction of sp³-hybridized carbons (Fsp3) is 1.00. The van der Waals surface area contributed by atoms with Gasteiger partial charge in [0, 0.05) is 19.1 Å². The van der Waals surface area contributed by atoms with Crippen LogP contribution in [0, 0.1) is 0 Å². The second-order valence-corrected chi connectivity index (χ2v) is 3.76. The maximum absolute atomic E-state index is 10.3. The van der Waals surface area contributed by atoms with E-state index in [1.165, 1.54) is 13.0 Å². The lowest BCUT2D eigenvalue weighted by Crippen LogP contribution is -2.32. The van der Waals surface area contributed by atoms with E-state index in [4.69, 9.17) is 0 Å². The molecule has 0 spiro atoms. The average Bonchev–Trinajstić information content (AvgIpc) is 2.48. The van der Waals surface area contributed by atoms with Crippen molar-refractivity contribution in [3.63, 3.8) is 0 Å². The van der Waals surface area contributed by atoms with Crippen molar-refractivity contribution in [3.8, 4) is 0 Å². The van der Waals surface area contributed by atoms with Gasteiger partial charge in [0.15, 0.2) is 0 Å². The summed E-state index contributed by atoms with van der Waals surface area (Å²) in [6.07, 6.45) is 2.06. The Kier molecular flexibility index (Phi) is 3.98. The van der Waals surface area contributed by atoms with Gasteiger partial charge in [-0.25, -0.2) is 5.11 Å². The zero-order valence-corrected chi connectivity index (χ0v) is 8.12. The second-order valence-electron chi connectivity index (χ2n) is 3.76. The van der Waals surface area contributed by atoms with Crippen molar-refractivity contribution >= 4 is 0 Å². The summed E-state index contributed by atoms with van der Waals surface area (Å²) in [5.74, 6) is 0. The van der Waals surface area contributed by atoms with E-state index in [1.807, 2.05) is 0 Å². The number of likely N-dealkylation sites (tertiary alicyclic amines) is 1. The van der Waals surface area contributed by atoms with Gasteiger partial charge in [-0.15, -0.1) is 0 Å². The van der Waals surface area contributed by atoms with E-state index >= 15 is 0 Å². The number of nitrogens with zero attached hydrogens (tertiary/aromatic N) is 2. The predicted molar refractivity (Wildman–Crippen MR) is 48.7 cm³/mol. The Morgan fingerprint density at radius 1 is 1.50 bits per heavy atom. The van der Waals surface area contributed by atoms with Gasteiger partial charge in [0.25, 0.3) is 0 Å². The molecule has 0 aliphatic carbocycles. The van der Waals surface area contributed by atoms with Crippen LogP contribution in [0.2, 0.25) is 0 Å². The highest BCUT2D eigenvalue weighted by molar-refractivity contribution is 4.80. The van der Waals surface area contributed by atoms with E-state index in [1.54, 1.807) is 0 Å². The highest BCUT2D eigenvalue weighted by Gasteiger charge is 2.22. The van der Waals surface area contributed by atoms with Crippen molar-refractivity contribution in [1.29, 1.82) is 0 Å². The molecule has 1 unspecified atom stereocenters. The minimum atomic E-state index is 0.0726. The summed E-state index contributed by atoms with van der Waals surface area (Å²) >= 11 is 0. The highest BCUT2D eigenvalue weighted by Crippen LogP contribution is 2.12. The van der Waals surface area contributed by atoms with Crippen molar-refractivity contribution < 1.29 is 5.11 Å². The third-order valence-electron chi connectivity index (χ3n) is 2.60. The SMILES string of the molecule is CN(C)C1CCN(CCC[O])C1. The van der Waals surface area contributed by atoms with E-state index in [2.05, 4.69) is 23.9 Å². The lowest BCUT2D eigenvalue weighted by atomic mass is 10.2. The van der Waals surface area contributed by atoms with Crippen LogP contribution in [0.5, 0.6) is 0 Å². The lowest BCUT2D eigenvalue weighted by Gasteiger charge is -2.19. The molecule has 0 aromatic carbocycles. The van der Waals surface area contributed by atoms with E-state index in [-0.39, 0.29) is 6.61 Å². The normalized spacial score (nSPS) is 25.5. The first-order valence-corrected chi connectivity index (χ1v) is 4.71. The summed E-state index contributed by atoms with van der Waals surface area (Å²) in [5, 5.41) is 10.3. The first-order valence-electron chi connectivity index (χ1n) is 4.71. The van der Waals surface area contributed by atoms with Crippen molar-refractivity contribution in [2.75, 3.05) is 40.3 Å². The molecule has 0 saturated carbocycles. The standard InChI is InChI=1S/C9H19N2O/c1-10(2)9-4-6-11(8-9)5-3-7-12/h9H,3-8H2,1-2H3. The van der Waals surface area contributed by atoms with Gasteiger partial charge in [-0.2, -0.15) is 0 Å². The van der Waals surface area contributed by atoms with Crippen LogP contribution in [-0.4, -0.2) is 56.2 Å². The summed E-state index contributed by atoms with van der Waals surface area (Å²) in [4.78, 5) is 4.67. The van der Waals surface area contributed by atoms with Gasteiger partial charge in [0.2, 0.25) is 0 Å². The largest absolute Gasteiger partial charge is 0.305 e. The molecule has 12 heavy (non-hydrogen) atoms. The molecular formula is C9H19N2O. The molecule has 3 nitrogen and oxygen atoms in total. The monoisotopic (exact) mass is 171 g/mol. The minimum absolute atomic E-state index is 0.0726. The quantitative estimate of drug-likeness (QED) is 0.613. The smallest absolute Gasteiger partial charge is 0.0834 e. The van der Waals surface area contributed by atoms with Gasteiger partial charge in [0.05, 0.1) is 6.61 Å². The van der Waals surface area contributed by atoms with Gasteiger partial charge in [-0.1, -0.05) is 0 Å². The van der Waals surface area contributed by atoms with Crippen LogP contribution < -0.4 is 0 Å². The van der Waals surface area contributed by atoms with Crippen LogP contribution in [0.4, 0.5) is 0 Å². The highest BCUT2D eigenvalue weighted by atomic mass is 16.3. The van der Waals surface area contributed by atoms with Crippen LogP contribution >= 0.6 is 0 Å². The fourth-order valence-electron chi connectivity index (χ4n) is 1.72. The third-order valence-corrected chi connectivity index (χ3v) is 2.60. The molecule has 71 valence electrons. The molecule has 1 saturated heterocycles. The number of likely N-dealkylation sites (N-methyl/N-ethyl adjacent to an activating group) is 1. The van der Waals surface area contributed by atoms with Gasteiger partial charge in [0.1, 0.15) is 0 Å². The van der Waals surface area contributed by atoms with E-state index in [0.29, 0.717) is 6.04 Å². The molecule has 1 heterocycles. The molecule has 0 amide bonds.